The van der Waals surface area contributed by atoms with Gasteiger partial charge < -0.3 is 10.3 Å². The van der Waals surface area contributed by atoms with E-state index in [1.54, 1.807) is 13.8 Å². The summed E-state index contributed by atoms with van der Waals surface area (Å²) in [6.07, 6.45) is 0. The molecule has 0 saturated carbocycles. The van der Waals surface area contributed by atoms with Crippen molar-refractivity contribution in [2.45, 2.75) is 20.4 Å². The van der Waals surface area contributed by atoms with E-state index in [9.17, 15) is 14.4 Å². The highest BCUT2D eigenvalue weighted by molar-refractivity contribution is 5.77. The van der Waals surface area contributed by atoms with Gasteiger partial charge in [0.15, 0.2) is 0 Å². The Bertz CT molecular complexity index is 430. The largest absolute Gasteiger partial charge is 0.350 e. The molecule has 0 radical (unpaired) electrons. The average molecular weight is 211 g/mol. The van der Waals surface area contributed by atoms with Gasteiger partial charge in [0.1, 0.15) is 0 Å². The number of aromatic nitrogens is 2. The van der Waals surface area contributed by atoms with Crippen LogP contribution in [0, 0.1) is 5.92 Å². The van der Waals surface area contributed by atoms with Crippen LogP contribution >= 0.6 is 0 Å². The Balaban J connectivity index is 2.70. The Hall–Kier alpha value is -1.85. The minimum Gasteiger partial charge on any atom is -0.350 e. The molecule has 82 valence electrons. The standard InChI is InChI=1S/C9H13N3O3/c1-5(2)8(14)10-4-6-3-7(13)12-9(15)11-6/h3,5H,4H2,1-2H3,(H,10,14)(H2,11,12,13,15). The van der Waals surface area contributed by atoms with E-state index in [4.69, 9.17) is 0 Å². The van der Waals surface area contributed by atoms with Gasteiger partial charge in [-0.25, -0.2) is 4.79 Å². The first kappa shape index (κ1) is 11.2. The molecular weight excluding hydrogens is 198 g/mol. The van der Waals surface area contributed by atoms with Gasteiger partial charge in [0.2, 0.25) is 5.91 Å². The van der Waals surface area contributed by atoms with Crippen LogP contribution in [0.2, 0.25) is 0 Å². The fourth-order valence-corrected chi connectivity index (χ4v) is 1.00. The maximum atomic E-state index is 11.2. The Morgan fingerprint density at radius 1 is 1.40 bits per heavy atom. The molecule has 0 unspecified atom stereocenters. The summed E-state index contributed by atoms with van der Waals surface area (Å²) in [5.74, 6) is -0.255. The minimum absolute atomic E-state index is 0.126. The molecule has 3 N–H and O–H groups in total. The summed E-state index contributed by atoms with van der Waals surface area (Å²) >= 11 is 0. The minimum atomic E-state index is -0.573. The van der Waals surface area contributed by atoms with Gasteiger partial charge in [0, 0.05) is 17.7 Å². The van der Waals surface area contributed by atoms with E-state index in [-0.39, 0.29) is 18.4 Å². The van der Waals surface area contributed by atoms with Gasteiger partial charge >= 0.3 is 5.69 Å². The van der Waals surface area contributed by atoms with E-state index in [0.29, 0.717) is 5.69 Å². The quantitative estimate of drug-likeness (QED) is 0.619. The highest BCUT2D eigenvalue weighted by atomic mass is 16.2. The van der Waals surface area contributed by atoms with Crippen LogP contribution in [-0.2, 0) is 11.3 Å². The van der Waals surface area contributed by atoms with E-state index in [1.807, 2.05) is 4.98 Å². The number of nitrogens with one attached hydrogen (secondary N) is 3. The lowest BCUT2D eigenvalue weighted by atomic mass is 10.2. The topological polar surface area (TPSA) is 94.8 Å². The van der Waals surface area contributed by atoms with Crippen molar-refractivity contribution in [3.05, 3.63) is 32.6 Å². The molecule has 0 spiro atoms. The number of hydrogen-bond acceptors (Lipinski definition) is 3. The van der Waals surface area contributed by atoms with Gasteiger partial charge in [-0.15, -0.1) is 0 Å². The highest BCUT2D eigenvalue weighted by Crippen LogP contribution is 1.92. The van der Waals surface area contributed by atoms with Crippen LogP contribution in [0.25, 0.3) is 0 Å². The van der Waals surface area contributed by atoms with Crippen molar-refractivity contribution in [1.82, 2.24) is 15.3 Å². The molecule has 1 aromatic heterocycles. The number of hydrogen-bond donors (Lipinski definition) is 3. The SMILES string of the molecule is CC(C)C(=O)NCc1cc(=O)[nH]c(=O)[nH]1. The van der Waals surface area contributed by atoms with Crippen molar-refractivity contribution >= 4 is 5.91 Å². The molecule has 0 fully saturated rings. The molecule has 1 aromatic rings. The van der Waals surface area contributed by atoms with Gasteiger partial charge in [0.05, 0.1) is 6.54 Å². The lowest BCUT2D eigenvalue weighted by molar-refractivity contribution is -0.124. The molecule has 15 heavy (non-hydrogen) atoms. The van der Waals surface area contributed by atoms with E-state index < -0.39 is 11.2 Å². The molecule has 1 heterocycles. The molecule has 1 rings (SSSR count). The second-order valence-corrected chi connectivity index (χ2v) is 3.49. The molecule has 6 nitrogen and oxygen atoms in total. The zero-order chi connectivity index (χ0) is 11.4. The number of aromatic amines is 2. The molecule has 0 aliphatic carbocycles. The zero-order valence-electron chi connectivity index (χ0n) is 8.59. The van der Waals surface area contributed by atoms with E-state index in [0.717, 1.165) is 0 Å². The lowest BCUT2D eigenvalue weighted by Crippen LogP contribution is -2.30. The van der Waals surface area contributed by atoms with Crippen molar-refractivity contribution < 1.29 is 4.79 Å². The molecule has 0 aliphatic rings. The number of rotatable bonds is 3. The van der Waals surface area contributed by atoms with Gasteiger partial charge in [-0.1, -0.05) is 13.8 Å². The van der Waals surface area contributed by atoms with Gasteiger partial charge in [-0.2, -0.15) is 0 Å². The van der Waals surface area contributed by atoms with Crippen LogP contribution < -0.4 is 16.6 Å². The summed E-state index contributed by atoms with van der Waals surface area (Å²) in [5, 5.41) is 2.59. The molecule has 0 atom stereocenters. The van der Waals surface area contributed by atoms with Crippen LogP contribution in [0.15, 0.2) is 15.7 Å². The van der Waals surface area contributed by atoms with Crippen LogP contribution in [0.3, 0.4) is 0 Å². The number of carbonyl (C=O) groups excluding carboxylic acids is 1. The molecule has 6 heteroatoms. The van der Waals surface area contributed by atoms with Crippen molar-refractivity contribution in [3.8, 4) is 0 Å². The summed E-state index contributed by atoms with van der Waals surface area (Å²) < 4.78 is 0. The van der Waals surface area contributed by atoms with Crippen LogP contribution in [0.5, 0.6) is 0 Å². The first-order valence-electron chi connectivity index (χ1n) is 4.59. The molecule has 1 amide bonds. The Kier molecular flexibility index (Phi) is 3.43. The van der Waals surface area contributed by atoms with Crippen LogP contribution in [0.1, 0.15) is 19.5 Å². The third-order valence-electron chi connectivity index (χ3n) is 1.79. The van der Waals surface area contributed by atoms with E-state index in [2.05, 4.69) is 10.3 Å². The first-order chi connectivity index (χ1) is 6.99. The normalized spacial score (nSPS) is 10.3. The zero-order valence-corrected chi connectivity index (χ0v) is 8.59. The summed E-state index contributed by atoms with van der Waals surface area (Å²) in [7, 11) is 0. The first-order valence-corrected chi connectivity index (χ1v) is 4.59. The van der Waals surface area contributed by atoms with E-state index >= 15 is 0 Å². The fourth-order valence-electron chi connectivity index (χ4n) is 1.00. The second-order valence-electron chi connectivity index (χ2n) is 3.49. The van der Waals surface area contributed by atoms with Gasteiger partial charge in [-0.3, -0.25) is 14.6 Å². The molecular formula is C9H13N3O3. The lowest BCUT2D eigenvalue weighted by Gasteiger charge is -2.06. The van der Waals surface area contributed by atoms with Crippen molar-refractivity contribution in [1.29, 1.82) is 0 Å². The third kappa shape index (κ3) is 3.41. The smallest absolute Gasteiger partial charge is 0.325 e. The van der Waals surface area contributed by atoms with Crippen LogP contribution in [-0.4, -0.2) is 15.9 Å². The predicted octanol–water partition coefficient (Wildman–Crippen LogP) is -0.665. The Labute approximate surface area is 85.7 Å². The molecule has 0 aliphatic heterocycles. The maximum absolute atomic E-state index is 11.2. The molecule has 0 saturated heterocycles. The second kappa shape index (κ2) is 4.59. The Morgan fingerprint density at radius 3 is 2.60 bits per heavy atom. The third-order valence-corrected chi connectivity index (χ3v) is 1.79. The Morgan fingerprint density at radius 2 is 2.07 bits per heavy atom. The summed E-state index contributed by atoms with van der Waals surface area (Å²) in [4.78, 5) is 37.4. The van der Waals surface area contributed by atoms with Gasteiger partial charge in [-0.05, 0) is 0 Å². The summed E-state index contributed by atoms with van der Waals surface area (Å²) in [6.45, 7) is 3.67. The number of amides is 1. The van der Waals surface area contributed by atoms with Crippen molar-refractivity contribution in [2.75, 3.05) is 0 Å². The van der Waals surface area contributed by atoms with E-state index in [1.165, 1.54) is 6.07 Å². The van der Waals surface area contributed by atoms with Gasteiger partial charge in [0.25, 0.3) is 5.56 Å². The number of carbonyl (C=O) groups is 1. The molecule has 0 bridgehead atoms. The average Bonchev–Trinajstić information content (AvgIpc) is 2.12. The summed E-state index contributed by atoms with van der Waals surface area (Å²) in [6, 6.07) is 1.24. The monoisotopic (exact) mass is 211 g/mol. The maximum Gasteiger partial charge on any atom is 0.325 e. The van der Waals surface area contributed by atoms with Crippen molar-refractivity contribution in [2.24, 2.45) is 5.92 Å². The number of H-pyrrole nitrogens is 2. The predicted molar refractivity (Wildman–Crippen MR) is 54.4 cm³/mol. The van der Waals surface area contributed by atoms with Crippen LogP contribution in [0.4, 0.5) is 0 Å². The fraction of sp³-hybridized carbons (Fsp3) is 0.444. The summed E-state index contributed by atoms with van der Waals surface area (Å²) in [5.41, 5.74) is -0.665. The molecule has 0 aromatic carbocycles. The highest BCUT2D eigenvalue weighted by Gasteiger charge is 2.06. The van der Waals surface area contributed by atoms with Crippen molar-refractivity contribution in [3.63, 3.8) is 0 Å².